The first-order valence-corrected chi connectivity index (χ1v) is 11.8. The summed E-state index contributed by atoms with van der Waals surface area (Å²) in [5, 5.41) is 10.9. The summed E-state index contributed by atoms with van der Waals surface area (Å²) in [6.07, 6.45) is 0.754. The van der Waals surface area contributed by atoms with Crippen LogP contribution in [0.4, 0.5) is 5.82 Å². The first-order valence-electron chi connectivity index (χ1n) is 10.2. The number of ether oxygens (including phenoxy) is 1. The average Bonchev–Trinajstić information content (AvgIpc) is 3.37. The Kier molecular flexibility index (Phi) is 7.34. The first kappa shape index (κ1) is 22.2. The molecule has 1 aromatic heterocycles. The smallest absolute Gasteiger partial charge is 0.263 e. The fourth-order valence-corrected chi connectivity index (χ4v) is 4.51. The lowest BCUT2D eigenvalue weighted by Crippen LogP contribution is -2.31. The molecule has 2 aromatic carbocycles. The van der Waals surface area contributed by atoms with E-state index in [0.29, 0.717) is 23.1 Å². The van der Waals surface area contributed by atoms with E-state index in [1.165, 1.54) is 0 Å². The minimum atomic E-state index is -0.315. The predicted molar refractivity (Wildman–Crippen MR) is 126 cm³/mol. The van der Waals surface area contributed by atoms with Crippen LogP contribution in [-0.2, 0) is 34.1 Å². The molecule has 7 nitrogen and oxygen atoms in total. The van der Waals surface area contributed by atoms with Gasteiger partial charge in [-0.05, 0) is 36.2 Å². The topological polar surface area (TPSA) is 85.2 Å². The third kappa shape index (κ3) is 5.83. The zero-order valence-corrected chi connectivity index (χ0v) is 18.9. The quantitative estimate of drug-likeness (QED) is 0.498. The van der Waals surface area contributed by atoms with Gasteiger partial charge < -0.3 is 15.4 Å². The molecule has 1 aliphatic rings. The second-order valence-electron chi connectivity index (χ2n) is 7.30. The van der Waals surface area contributed by atoms with Crippen LogP contribution in [-0.4, -0.2) is 34.7 Å². The van der Waals surface area contributed by atoms with Gasteiger partial charge >= 0.3 is 0 Å². The Bertz CT molecular complexity index is 1090. The molecule has 0 saturated carbocycles. The second kappa shape index (κ2) is 10.6. The maximum Gasteiger partial charge on any atom is 0.263 e. The summed E-state index contributed by atoms with van der Waals surface area (Å²) in [7, 11) is 0. The Morgan fingerprint density at radius 1 is 1.06 bits per heavy atom. The highest BCUT2D eigenvalue weighted by Gasteiger charge is 2.25. The summed E-state index contributed by atoms with van der Waals surface area (Å²) >= 11 is 7.60. The van der Waals surface area contributed by atoms with E-state index in [-0.39, 0.29) is 25.0 Å². The molecule has 0 fully saturated rings. The van der Waals surface area contributed by atoms with Crippen LogP contribution in [0.5, 0.6) is 5.75 Å². The molecular formula is C23H23ClN4O3S. The molecule has 32 heavy (non-hydrogen) atoms. The zero-order valence-electron chi connectivity index (χ0n) is 17.3. The van der Waals surface area contributed by atoms with Crippen LogP contribution in [0.3, 0.4) is 0 Å². The van der Waals surface area contributed by atoms with Gasteiger partial charge in [-0.15, -0.1) is 0 Å². The molecule has 166 valence electrons. The highest BCUT2D eigenvalue weighted by molar-refractivity contribution is 7.98. The number of carbonyl (C=O) groups excluding carboxylic acids is 2. The summed E-state index contributed by atoms with van der Waals surface area (Å²) in [6.45, 7) is 0.425. The highest BCUT2D eigenvalue weighted by Crippen LogP contribution is 2.34. The van der Waals surface area contributed by atoms with Crippen LogP contribution in [0.1, 0.15) is 16.8 Å². The van der Waals surface area contributed by atoms with Crippen molar-refractivity contribution in [1.29, 1.82) is 0 Å². The van der Waals surface area contributed by atoms with Crippen molar-refractivity contribution in [1.82, 2.24) is 15.1 Å². The van der Waals surface area contributed by atoms with E-state index in [0.717, 1.165) is 34.7 Å². The van der Waals surface area contributed by atoms with Gasteiger partial charge in [0.15, 0.2) is 6.61 Å². The molecule has 4 rings (SSSR count). The van der Waals surface area contributed by atoms with Crippen molar-refractivity contribution in [2.75, 3.05) is 18.5 Å². The van der Waals surface area contributed by atoms with Crippen molar-refractivity contribution in [3.8, 4) is 5.75 Å². The summed E-state index contributed by atoms with van der Waals surface area (Å²) in [4.78, 5) is 25.0. The number of nitrogens with one attached hydrogen (secondary N) is 2. The summed E-state index contributed by atoms with van der Waals surface area (Å²) < 4.78 is 7.09. The number of benzene rings is 2. The largest absolute Gasteiger partial charge is 0.484 e. The number of aromatic nitrogens is 2. The van der Waals surface area contributed by atoms with Gasteiger partial charge in [-0.25, -0.2) is 4.68 Å². The number of thioether (sulfide) groups is 1. The lowest BCUT2D eigenvalue weighted by atomic mass is 10.1. The van der Waals surface area contributed by atoms with Crippen molar-refractivity contribution < 1.29 is 14.3 Å². The first-order chi connectivity index (χ1) is 15.6. The Hall–Kier alpha value is -2.97. The minimum absolute atomic E-state index is 0.0418. The molecule has 0 atom stereocenters. The molecule has 2 amide bonds. The Morgan fingerprint density at radius 3 is 2.62 bits per heavy atom. The van der Waals surface area contributed by atoms with Crippen LogP contribution in [0.2, 0.25) is 5.02 Å². The number of rotatable bonds is 9. The number of amides is 2. The maximum atomic E-state index is 12.5. The molecular weight excluding hydrogens is 448 g/mol. The van der Waals surface area contributed by atoms with Crippen molar-refractivity contribution >= 4 is 41.0 Å². The number of carbonyl (C=O) groups is 2. The molecule has 9 heteroatoms. The fraction of sp³-hybridized carbons (Fsp3) is 0.261. The molecule has 0 radical (unpaired) electrons. The second-order valence-corrected chi connectivity index (χ2v) is 8.72. The predicted octanol–water partition coefficient (Wildman–Crippen LogP) is 3.66. The standard InChI is InChI=1S/C23H23ClN4O3S/c24-17-6-8-18(9-7-17)31-13-22(30)26-23-19-14-32-15-20(19)27-28(23)12-21(29)25-11-10-16-4-2-1-3-5-16/h1-9H,10-15H2,(H,25,29)(H,26,30). The van der Waals surface area contributed by atoms with Gasteiger partial charge in [0, 0.05) is 28.6 Å². The van der Waals surface area contributed by atoms with Crippen LogP contribution < -0.4 is 15.4 Å². The third-order valence-corrected chi connectivity index (χ3v) is 6.15. The monoisotopic (exact) mass is 470 g/mol. The van der Waals surface area contributed by atoms with Gasteiger partial charge in [-0.3, -0.25) is 9.59 Å². The molecule has 2 N–H and O–H groups in total. The van der Waals surface area contributed by atoms with E-state index in [4.69, 9.17) is 16.3 Å². The van der Waals surface area contributed by atoms with Crippen molar-refractivity contribution in [3.63, 3.8) is 0 Å². The Labute approximate surface area is 195 Å². The summed E-state index contributed by atoms with van der Waals surface area (Å²) in [5.41, 5.74) is 3.03. The van der Waals surface area contributed by atoms with Gasteiger partial charge in [0.2, 0.25) is 5.91 Å². The summed E-state index contributed by atoms with van der Waals surface area (Å²) in [5.74, 6) is 2.17. The zero-order chi connectivity index (χ0) is 22.3. The molecule has 0 aliphatic carbocycles. The van der Waals surface area contributed by atoms with Crippen LogP contribution in [0.15, 0.2) is 54.6 Å². The number of nitrogens with zero attached hydrogens (tertiary/aromatic N) is 2. The minimum Gasteiger partial charge on any atom is -0.484 e. The lowest BCUT2D eigenvalue weighted by Gasteiger charge is -2.12. The molecule has 0 saturated heterocycles. The average molecular weight is 471 g/mol. The van der Waals surface area contributed by atoms with Crippen molar-refractivity contribution in [2.45, 2.75) is 24.5 Å². The van der Waals surface area contributed by atoms with E-state index >= 15 is 0 Å². The van der Waals surface area contributed by atoms with E-state index in [1.807, 2.05) is 30.3 Å². The van der Waals surface area contributed by atoms with Crippen LogP contribution in [0, 0.1) is 0 Å². The van der Waals surface area contributed by atoms with Crippen LogP contribution in [0.25, 0.3) is 0 Å². The number of anilines is 1. The molecule has 1 aliphatic heterocycles. The fourth-order valence-electron chi connectivity index (χ4n) is 3.35. The SMILES string of the molecule is O=C(Cn1nc2c(c1NC(=O)COc1ccc(Cl)cc1)CSC2)NCCc1ccccc1. The number of hydrogen-bond acceptors (Lipinski definition) is 5. The normalized spacial score (nSPS) is 12.3. The van der Waals surface area contributed by atoms with E-state index < -0.39 is 0 Å². The van der Waals surface area contributed by atoms with Crippen molar-refractivity contribution in [3.05, 3.63) is 76.4 Å². The Morgan fingerprint density at radius 2 is 1.84 bits per heavy atom. The van der Waals surface area contributed by atoms with E-state index in [2.05, 4.69) is 15.7 Å². The molecule has 0 spiro atoms. The van der Waals surface area contributed by atoms with Crippen molar-refractivity contribution in [2.24, 2.45) is 0 Å². The lowest BCUT2D eigenvalue weighted by molar-refractivity contribution is -0.122. The van der Waals surface area contributed by atoms with E-state index in [1.54, 1.807) is 40.7 Å². The number of hydrogen-bond donors (Lipinski definition) is 2. The molecule has 0 unspecified atom stereocenters. The Balaban J connectivity index is 1.34. The van der Waals surface area contributed by atoms with E-state index in [9.17, 15) is 9.59 Å². The number of fused-ring (bicyclic) bond motifs is 1. The maximum absolute atomic E-state index is 12.5. The van der Waals surface area contributed by atoms with Gasteiger partial charge in [-0.2, -0.15) is 16.9 Å². The van der Waals surface area contributed by atoms with Gasteiger partial charge in [0.05, 0.1) is 5.69 Å². The van der Waals surface area contributed by atoms with Gasteiger partial charge in [0.1, 0.15) is 18.1 Å². The number of halogens is 1. The van der Waals surface area contributed by atoms with Gasteiger partial charge in [-0.1, -0.05) is 41.9 Å². The molecule has 0 bridgehead atoms. The third-order valence-electron chi connectivity index (χ3n) is 4.93. The highest BCUT2D eigenvalue weighted by atomic mass is 35.5. The molecule has 3 aromatic rings. The van der Waals surface area contributed by atoms with Crippen LogP contribution >= 0.6 is 23.4 Å². The molecule has 2 heterocycles. The summed E-state index contributed by atoms with van der Waals surface area (Å²) in [6, 6.07) is 16.8. The van der Waals surface area contributed by atoms with Gasteiger partial charge in [0.25, 0.3) is 5.91 Å².